The van der Waals surface area contributed by atoms with Crippen molar-refractivity contribution in [2.24, 2.45) is 0 Å². The van der Waals surface area contributed by atoms with Crippen LogP contribution in [0.1, 0.15) is 16.1 Å². The zero-order valence-electron chi connectivity index (χ0n) is 10.4. The van der Waals surface area contributed by atoms with Gasteiger partial charge in [-0.05, 0) is 19.1 Å². The summed E-state index contributed by atoms with van der Waals surface area (Å²) in [6, 6.07) is 4.33. The van der Waals surface area contributed by atoms with Gasteiger partial charge in [0.05, 0.1) is 21.9 Å². The molecule has 0 aliphatic carbocycles. The molecule has 0 amide bonds. The molecule has 0 atom stereocenters. The monoisotopic (exact) mass is 274 g/mol. The Morgan fingerprint density at radius 2 is 2.20 bits per heavy atom. The van der Waals surface area contributed by atoms with Gasteiger partial charge in [-0.15, -0.1) is 0 Å². The first kappa shape index (κ1) is 13.4. The molecule has 0 aliphatic heterocycles. The van der Waals surface area contributed by atoms with E-state index >= 15 is 0 Å². The van der Waals surface area contributed by atoms with E-state index < -0.39 is 16.6 Å². The van der Waals surface area contributed by atoms with Gasteiger partial charge in [-0.25, -0.2) is 9.78 Å². The highest BCUT2D eigenvalue weighted by molar-refractivity contribution is 5.89. The Labute approximate surface area is 113 Å². The molecule has 8 heteroatoms. The lowest BCUT2D eigenvalue weighted by atomic mass is 10.2. The van der Waals surface area contributed by atoms with Crippen LogP contribution in [0.15, 0.2) is 30.6 Å². The average molecular weight is 274 g/mol. The number of aromatic carboxylic acids is 1. The normalized spacial score (nSPS) is 10.1. The summed E-state index contributed by atoms with van der Waals surface area (Å²) in [4.78, 5) is 28.9. The van der Waals surface area contributed by atoms with Gasteiger partial charge in [0.25, 0.3) is 0 Å². The van der Waals surface area contributed by atoms with E-state index in [2.05, 4.69) is 15.3 Å². The number of anilines is 2. The molecule has 2 N–H and O–H groups in total. The largest absolute Gasteiger partial charge is 0.478 e. The SMILES string of the molecule is Cc1ncccc1Nc1ncc(C(=O)O)cc1[N+](=O)[O-]. The highest BCUT2D eigenvalue weighted by Gasteiger charge is 2.19. The second-order valence-corrected chi connectivity index (χ2v) is 3.92. The van der Waals surface area contributed by atoms with Gasteiger partial charge in [-0.1, -0.05) is 0 Å². The van der Waals surface area contributed by atoms with Crippen molar-refractivity contribution in [1.29, 1.82) is 0 Å². The standard InChI is InChI=1S/C12H10N4O4/c1-7-9(3-2-4-13-7)15-11-10(16(19)20)5-8(6-14-11)12(17)18/h2-6H,1H3,(H,14,15)(H,17,18). The summed E-state index contributed by atoms with van der Waals surface area (Å²) in [5.41, 5.74) is 0.551. The third-order valence-corrected chi connectivity index (χ3v) is 2.57. The molecular weight excluding hydrogens is 264 g/mol. The number of aromatic nitrogens is 2. The van der Waals surface area contributed by atoms with Crippen molar-refractivity contribution in [1.82, 2.24) is 9.97 Å². The van der Waals surface area contributed by atoms with Crippen molar-refractivity contribution in [2.45, 2.75) is 6.92 Å². The molecule has 20 heavy (non-hydrogen) atoms. The van der Waals surface area contributed by atoms with E-state index in [0.29, 0.717) is 11.4 Å². The van der Waals surface area contributed by atoms with Gasteiger partial charge in [0, 0.05) is 18.5 Å². The highest BCUT2D eigenvalue weighted by atomic mass is 16.6. The summed E-state index contributed by atoms with van der Waals surface area (Å²) in [7, 11) is 0. The number of hydrogen-bond acceptors (Lipinski definition) is 6. The van der Waals surface area contributed by atoms with E-state index in [1.165, 1.54) is 0 Å². The van der Waals surface area contributed by atoms with Crippen LogP contribution in [0.4, 0.5) is 17.2 Å². The number of rotatable bonds is 4. The number of aryl methyl sites for hydroxylation is 1. The average Bonchev–Trinajstić information content (AvgIpc) is 2.41. The number of pyridine rings is 2. The molecule has 102 valence electrons. The van der Waals surface area contributed by atoms with Gasteiger partial charge in [0.2, 0.25) is 5.82 Å². The molecular formula is C12H10N4O4. The van der Waals surface area contributed by atoms with Gasteiger partial charge in [0.15, 0.2) is 0 Å². The van der Waals surface area contributed by atoms with Crippen molar-refractivity contribution >= 4 is 23.2 Å². The molecule has 0 saturated heterocycles. The number of nitrogens with zero attached hydrogens (tertiary/aromatic N) is 3. The maximum absolute atomic E-state index is 11.0. The Hall–Kier alpha value is -3.03. The Kier molecular flexibility index (Phi) is 3.56. The van der Waals surface area contributed by atoms with Gasteiger partial charge >= 0.3 is 11.7 Å². The lowest BCUT2D eigenvalue weighted by Gasteiger charge is -2.08. The summed E-state index contributed by atoms with van der Waals surface area (Å²) in [6.07, 6.45) is 2.65. The van der Waals surface area contributed by atoms with Crippen molar-refractivity contribution in [3.05, 3.63) is 52.0 Å². The lowest BCUT2D eigenvalue weighted by Crippen LogP contribution is -2.05. The van der Waals surface area contributed by atoms with Crippen LogP contribution >= 0.6 is 0 Å². The van der Waals surface area contributed by atoms with Crippen molar-refractivity contribution in [3.63, 3.8) is 0 Å². The number of hydrogen-bond donors (Lipinski definition) is 2. The summed E-state index contributed by atoms with van der Waals surface area (Å²) < 4.78 is 0. The van der Waals surface area contributed by atoms with Gasteiger partial charge < -0.3 is 10.4 Å². The molecule has 0 fully saturated rings. The first-order chi connectivity index (χ1) is 9.49. The second kappa shape index (κ2) is 5.31. The van der Waals surface area contributed by atoms with Crippen LogP contribution in [0.25, 0.3) is 0 Å². The summed E-state index contributed by atoms with van der Waals surface area (Å²) in [5.74, 6) is -1.30. The van der Waals surface area contributed by atoms with E-state index in [0.717, 1.165) is 12.3 Å². The Morgan fingerprint density at radius 3 is 2.80 bits per heavy atom. The number of nitro groups is 1. The second-order valence-electron chi connectivity index (χ2n) is 3.92. The minimum absolute atomic E-state index is 0.0314. The van der Waals surface area contributed by atoms with E-state index in [4.69, 9.17) is 5.11 Å². The van der Waals surface area contributed by atoms with Crippen LogP contribution in [0.3, 0.4) is 0 Å². The van der Waals surface area contributed by atoms with Crippen LogP contribution in [-0.2, 0) is 0 Å². The quantitative estimate of drug-likeness (QED) is 0.647. The van der Waals surface area contributed by atoms with Crippen molar-refractivity contribution < 1.29 is 14.8 Å². The number of carboxylic acids is 1. The molecule has 2 aromatic heterocycles. The first-order valence-corrected chi connectivity index (χ1v) is 5.55. The molecule has 2 rings (SSSR count). The molecule has 0 aliphatic rings. The Bertz CT molecular complexity index is 687. The molecule has 0 unspecified atom stereocenters. The molecule has 0 radical (unpaired) electrons. The molecule has 0 bridgehead atoms. The molecule has 0 aromatic carbocycles. The van der Waals surface area contributed by atoms with Crippen LogP contribution < -0.4 is 5.32 Å². The minimum Gasteiger partial charge on any atom is -0.478 e. The maximum atomic E-state index is 11.0. The van der Waals surface area contributed by atoms with Gasteiger partial charge in [0.1, 0.15) is 0 Å². The smallest absolute Gasteiger partial charge is 0.337 e. The van der Waals surface area contributed by atoms with Gasteiger partial charge in [-0.2, -0.15) is 0 Å². The highest BCUT2D eigenvalue weighted by Crippen LogP contribution is 2.26. The summed E-state index contributed by atoms with van der Waals surface area (Å²) in [6.45, 7) is 1.74. The van der Waals surface area contributed by atoms with Crippen molar-refractivity contribution in [3.8, 4) is 0 Å². The molecule has 0 spiro atoms. The van der Waals surface area contributed by atoms with Gasteiger partial charge in [-0.3, -0.25) is 15.1 Å². The zero-order valence-corrected chi connectivity index (χ0v) is 10.4. The fourth-order valence-electron chi connectivity index (χ4n) is 1.55. The van der Waals surface area contributed by atoms with E-state index in [-0.39, 0.29) is 11.4 Å². The van der Waals surface area contributed by atoms with Crippen LogP contribution in [0.2, 0.25) is 0 Å². The molecule has 0 saturated carbocycles. The summed E-state index contributed by atoms with van der Waals surface area (Å²) in [5, 5.41) is 22.6. The predicted octanol–water partition coefficient (Wildman–Crippen LogP) is 2.14. The van der Waals surface area contributed by atoms with E-state index in [1.807, 2.05) is 0 Å². The van der Waals surface area contributed by atoms with E-state index in [1.54, 1.807) is 25.3 Å². The van der Waals surface area contributed by atoms with Crippen LogP contribution in [0.5, 0.6) is 0 Å². The van der Waals surface area contributed by atoms with Crippen LogP contribution in [0, 0.1) is 17.0 Å². The topological polar surface area (TPSA) is 118 Å². The lowest BCUT2D eigenvalue weighted by molar-refractivity contribution is -0.384. The Balaban J connectivity index is 2.44. The third kappa shape index (κ3) is 2.69. The third-order valence-electron chi connectivity index (χ3n) is 2.57. The maximum Gasteiger partial charge on any atom is 0.337 e. The molecule has 2 heterocycles. The molecule has 8 nitrogen and oxygen atoms in total. The van der Waals surface area contributed by atoms with E-state index in [9.17, 15) is 14.9 Å². The minimum atomic E-state index is -1.27. The number of carbonyl (C=O) groups is 1. The molecule has 2 aromatic rings. The number of carboxylic acid groups (broad SMARTS) is 1. The van der Waals surface area contributed by atoms with Crippen LogP contribution in [-0.4, -0.2) is 26.0 Å². The zero-order chi connectivity index (χ0) is 14.7. The first-order valence-electron chi connectivity index (χ1n) is 5.55. The number of nitrogens with one attached hydrogen (secondary N) is 1. The van der Waals surface area contributed by atoms with Crippen molar-refractivity contribution in [2.75, 3.05) is 5.32 Å². The predicted molar refractivity (Wildman–Crippen MR) is 70.1 cm³/mol. The fraction of sp³-hybridized carbons (Fsp3) is 0.0833. The fourth-order valence-corrected chi connectivity index (χ4v) is 1.55. The Morgan fingerprint density at radius 1 is 1.45 bits per heavy atom. The summed E-state index contributed by atoms with van der Waals surface area (Å²) >= 11 is 0.